The smallest absolute Gasteiger partial charge is 0.123 e. The fourth-order valence-electron chi connectivity index (χ4n) is 1.76. The summed E-state index contributed by atoms with van der Waals surface area (Å²) in [5, 5.41) is 0. The van der Waals surface area contributed by atoms with Gasteiger partial charge in [-0.05, 0) is 24.0 Å². The van der Waals surface area contributed by atoms with Gasteiger partial charge in [0.05, 0.1) is 17.9 Å². The van der Waals surface area contributed by atoms with Crippen molar-refractivity contribution in [2.24, 2.45) is 5.73 Å². The number of hydrogen-bond acceptors (Lipinski definition) is 2. The number of hydrogen-bond donors (Lipinski definition) is 2. The normalized spacial score (nSPS) is 13.0. The monoisotopic (exact) mass is 229 g/mol. The van der Waals surface area contributed by atoms with Crippen LogP contribution in [0.1, 0.15) is 44.1 Å². The maximum Gasteiger partial charge on any atom is 0.123 e. The average Bonchev–Trinajstić information content (AvgIpc) is 2.78. The lowest BCUT2D eigenvalue weighted by molar-refractivity contribution is 0.756. The van der Waals surface area contributed by atoms with Crippen molar-refractivity contribution in [1.82, 2.24) is 9.97 Å². The van der Waals surface area contributed by atoms with E-state index in [1.54, 1.807) is 0 Å². The van der Waals surface area contributed by atoms with Gasteiger partial charge < -0.3 is 10.7 Å². The summed E-state index contributed by atoms with van der Waals surface area (Å²) in [5.41, 5.74) is 9.29. The van der Waals surface area contributed by atoms with E-state index < -0.39 is 0 Å². The molecule has 1 atom stereocenters. The molecule has 1 aromatic carbocycles. The molecule has 0 aliphatic rings. The molecule has 0 bridgehead atoms. The number of aromatic amines is 1. The Labute approximate surface area is 102 Å². The molecule has 0 saturated heterocycles. The third kappa shape index (κ3) is 2.56. The number of rotatable bonds is 3. The number of nitrogens with two attached hydrogens (primary N) is 1. The van der Waals surface area contributed by atoms with Crippen molar-refractivity contribution in [3.05, 3.63) is 41.9 Å². The minimum atomic E-state index is -0.0568. The van der Waals surface area contributed by atoms with Crippen LogP contribution in [0, 0.1) is 0 Å². The molecule has 0 radical (unpaired) electrons. The molecule has 1 unspecified atom stereocenters. The molecule has 0 aliphatic heterocycles. The number of benzene rings is 1. The van der Waals surface area contributed by atoms with E-state index in [-0.39, 0.29) is 6.04 Å². The van der Waals surface area contributed by atoms with Gasteiger partial charge in [0, 0.05) is 0 Å². The molecule has 3 heteroatoms. The standard InChI is InChI=1S/C14H19N3/c1-9(2)11-4-6-12(7-5-11)13-8-16-14(17-13)10(3)15/h4-10H,15H2,1-3H3,(H,16,17). The molecule has 0 aliphatic carbocycles. The minimum absolute atomic E-state index is 0.0568. The van der Waals surface area contributed by atoms with Crippen LogP contribution in [0.25, 0.3) is 11.3 Å². The zero-order chi connectivity index (χ0) is 12.4. The van der Waals surface area contributed by atoms with Gasteiger partial charge in [-0.15, -0.1) is 0 Å². The second-order valence-electron chi connectivity index (χ2n) is 4.75. The van der Waals surface area contributed by atoms with Gasteiger partial charge >= 0.3 is 0 Å². The summed E-state index contributed by atoms with van der Waals surface area (Å²) in [5.74, 6) is 1.39. The summed E-state index contributed by atoms with van der Waals surface area (Å²) in [4.78, 5) is 7.51. The van der Waals surface area contributed by atoms with E-state index in [9.17, 15) is 0 Å². The first-order chi connectivity index (χ1) is 8.08. The first kappa shape index (κ1) is 11.9. The maximum absolute atomic E-state index is 5.78. The highest BCUT2D eigenvalue weighted by Gasteiger charge is 2.06. The van der Waals surface area contributed by atoms with Gasteiger partial charge in [0.25, 0.3) is 0 Å². The van der Waals surface area contributed by atoms with Crippen LogP contribution >= 0.6 is 0 Å². The van der Waals surface area contributed by atoms with E-state index in [4.69, 9.17) is 5.73 Å². The molecule has 2 aromatic rings. The second kappa shape index (κ2) is 4.72. The lowest BCUT2D eigenvalue weighted by atomic mass is 10.0. The minimum Gasteiger partial charge on any atom is -0.341 e. The van der Waals surface area contributed by atoms with E-state index in [1.807, 2.05) is 13.1 Å². The van der Waals surface area contributed by atoms with Gasteiger partial charge in [0.15, 0.2) is 0 Å². The predicted octanol–water partition coefficient (Wildman–Crippen LogP) is 3.22. The fraction of sp³-hybridized carbons (Fsp3) is 0.357. The van der Waals surface area contributed by atoms with Crippen LogP contribution in [0.5, 0.6) is 0 Å². The van der Waals surface area contributed by atoms with Crippen LogP contribution in [0.4, 0.5) is 0 Å². The van der Waals surface area contributed by atoms with Crippen LogP contribution in [-0.4, -0.2) is 9.97 Å². The Kier molecular flexibility index (Phi) is 3.29. The van der Waals surface area contributed by atoms with Crippen molar-refractivity contribution in [1.29, 1.82) is 0 Å². The maximum atomic E-state index is 5.78. The Morgan fingerprint density at radius 1 is 1.12 bits per heavy atom. The number of nitrogens with one attached hydrogen (secondary N) is 1. The zero-order valence-electron chi connectivity index (χ0n) is 10.6. The Hall–Kier alpha value is -1.61. The third-order valence-electron chi connectivity index (χ3n) is 2.92. The fourth-order valence-corrected chi connectivity index (χ4v) is 1.76. The van der Waals surface area contributed by atoms with Gasteiger partial charge in [-0.1, -0.05) is 38.1 Å². The Morgan fingerprint density at radius 2 is 1.76 bits per heavy atom. The van der Waals surface area contributed by atoms with Crippen molar-refractivity contribution in [3.8, 4) is 11.3 Å². The molecule has 2 rings (SSSR count). The summed E-state index contributed by atoms with van der Waals surface area (Å²) < 4.78 is 0. The Morgan fingerprint density at radius 3 is 2.24 bits per heavy atom. The summed E-state index contributed by atoms with van der Waals surface area (Å²) in [6.07, 6.45) is 1.84. The van der Waals surface area contributed by atoms with Crippen LogP contribution < -0.4 is 5.73 Å². The van der Waals surface area contributed by atoms with E-state index in [0.717, 1.165) is 17.1 Å². The second-order valence-corrected chi connectivity index (χ2v) is 4.75. The summed E-state index contributed by atoms with van der Waals surface area (Å²) in [6.45, 7) is 6.31. The molecule has 0 spiro atoms. The number of H-pyrrole nitrogens is 1. The Balaban J connectivity index is 2.27. The zero-order valence-corrected chi connectivity index (χ0v) is 10.6. The molecule has 0 saturated carbocycles. The largest absolute Gasteiger partial charge is 0.341 e. The molecular weight excluding hydrogens is 210 g/mol. The highest BCUT2D eigenvalue weighted by atomic mass is 14.9. The van der Waals surface area contributed by atoms with Crippen molar-refractivity contribution in [3.63, 3.8) is 0 Å². The predicted molar refractivity (Wildman–Crippen MR) is 70.7 cm³/mol. The van der Waals surface area contributed by atoms with Crippen LogP contribution in [0.2, 0.25) is 0 Å². The van der Waals surface area contributed by atoms with Gasteiger partial charge in [0.2, 0.25) is 0 Å². The van der Waals surface area contributed by atoms with Crippen LogP contribution in [-0.2, 0) is 0 Å². The van der Waals surface area contributed by atoms with Gasteiger partial charge in [0.1, 0.15) is 5.82 Å². The highest BCUT2D eigenvalue weighted by molar-refractivity contribution is 5.59. The first-order valence-corrected chi connectivity index (χ1v) is 5.98. The lowest BCUT2D eigenvalue weighted by Gasteiger charge is -2.05. The number of aromatic nitrogens is 2. The molecule has 3 N–H and O–H groups in total. The van der Waals surface area contributed by atoms with Gasteiger partial charge in [-0.3, -0.25) is 0 Å². The van der Waals surface area contributed by atoms with Crippen molar-refractivity contribution >= 4 is 0 Å². The van der Waals surface area contributed by atoms with Crippen LogP contribution in [0.15, 0.2) is 30.5 Å². The Bertz CT molecular complexity index is 480. The van der Waals surface area contributed by atoms with Gasteiger partial charge in [-0.25, -0.2) is 4.98 Å². The summed E-state index contributed by atoms with van der Waals surface area (Å²) in [6, 6.07) is 8.50. The van der Waals surface area contributed by atoms with E-state index in [1.165, 1.54) is 5.56 Å². The van der Waals surface area contributed by atoms with E-state index in [2.05, 4.69) is 48.1 Å². The summed E-state index contributed by atoms with van der Waals surface area (Å²) in [7, 11) is 0. The molecular formula is C14H19N3. The highest BCUT2D eigenvalue weighted by Crippen LogP contribution is 2.22. The SMILES string of the molecule is CC(C)c1ccc(-c2cnc(C(C)N)[nH]2)cc1. The van der Waals surface area contributed by atoms with E-state index >= 15 is 0 Å². The average molecular weight is 229 g/mol. The molecule has 3 nitrogen and oxygen atoms in total. The number of nitrogens with zero attached hydrogens (tertiary/aromatic N) is 1. The van der Waals surface area contributed by atoms with E-state index in [0.29, 0.717) is 5.92 Å². The molecule has 0 fully saturated rings. The van der Waals surface area contributed by atoms with Gasteiger partial charge in [-0.2, -0.15) is 0 Å². The molecule has 0 amide bonds. The topological polar surface area (TPSA) is 54.7 Å². The lowest BCUT2D eigenvalue weighted by Crippen LogP contribution is -2.06. The van der Waals surface area contributed by atoms with Crippen molar-refractivity contribution < 1.29 is 0 Å². The number of imidazole rings is 1. The molecule has 90 valence electrons. The van der Waals surface area contributed by atoms with Crippen LogP contribution in [0.3, 0.4) is 0 Å². The quantitative estimate of drug-likeness (QED) is 0.849. The van der Waals surface area contributed by atoms with Crippen molar-refractivity contribution in [2.75, 3.05) is 0 Å². The molecule has 1 heterocycles. The summed E-state index contributed by atoms with van der Waals surface area (Å²) >= 11 is 0. The third-order valence-corrected chi connectivity index (χ3v) is 2.92. The molecule has 17 heavy (non-hydrogen) atoms. The van der Waals surface area contributed by atoms with Crippen molar-refractivity contribution in [2.45, 2.75) is 32.7 Å². The first-order valence-electron chi connectivity index (χ1n) is 5.98. The molecule has 1 aromatic heterocycles.